The first-order valence-electron chi connectivity index (χ1n) is 22.5. The maximum Gasteiger partial charge on any atom is 0.340 e. The van der Waals surface area contributed by atoms with E-state index < -0.39 is 35.8 Å². The topological polar surface area (TPSA) is 219 Å². The number of Topliss-reactive ketones (excluding diaryl/α,β-unsaturated/α-hetero) is 2. The summed E-state index contributed by atoms with van der Waals surface area (Å²) in [6.07, 6.45) is 13.6. The second-order valence-electron chi connectivity index (χ2n) is 16.6. The van der Waals surface area contributed by atoms with Crippen molar-refractivity contribution in [3.8, 4) is 22.6 Å². The Bertz CT molecular complexity index is 1800. The standard InChI is InChI=1S/C47H70N6O8/c1-4-5-6-7-8-9-10-11-12-13-14-15-36(54)29-35(20-21-48)47(58)53(3)45-34-17-19-43(60-25-23-50)38(30-34)37-27-33(16-18-42(37)59-24-22-49)28-39(40-31-44(56)61-52-40)51-46(57)32(2)26-41(45)55/h16-19,27,30,32,35,39,45H,4-15,20-26,28-29,31,48-50H2,1-3H3,(H,51,57)/t32-,35-,39+,45+/m1/s1. The molecule has 4 bridgehead atoms. The normalized spacial score (nSPS) is 18.4. The number of hydrogen-bond donors (Lipinski definition) is 4. The Kier molecular flexibility index (Phi) is 20.9. The number of ketones is 2. The highest BCUT2D eigenvalue weighted by Crippen LogP contribution is 2.41. The zero-order valence-corrected chi connectivity index (χ0v) is 36.7. The number of oxime groups is 1. The zero-order valence-electron chi connectivity index (χ0n) is 36.7. The molecule has 0 fully saturated rings. The smallest absolute Gasteiger partial charge is 0.340 e. The molecular weight excluding hydrogens is 777 g/mol. The molecule has 0 radical (unpaired) electrons. The molecule has 336 valence electrons. The van der Waals surface area contributed by atoms with Crippen LogP contribution in [0.1, 0.15) is 134 Å². The lowest BCUT2D eigenvalue weighted by Crippen LogP contribution is -2.45. The molecule has 14 nitrogen and oxygen atoms in total. The van der Waals surface area contributed by atoms with Crippen LogP contribution in [-0.2, 0) is 35.2 Å². The lowest BCUT2D eigenvalue weighted by molar-refractivity contribution is -0.143. The second kappa shape index (κ2) is 26.0. The molecule has 2 aliphatic rings. The van der Waals surface area contributed by atoms with Gasteiger partial charge in [-0.25, -0.2) is 4.79 Å². The molecule has 7 N–H and O–H groups in total. The molecule has 4 rings (SSSR count). The Morgan fingerprint density at radius 3 is 2.03 bits per heavy atom. The van der Waals surface area contributed by atoms with Gasteiger partial charge in [0.1, 0.15) is 36.5 Å². The Labute approximate surface area is 362 Å². The molecule has 0 saturated carbocycles. The number of fused-ring (bicyclic) bond motifs is 5. The molecule has 2 aliphatic heterocycles. The molecule has 14 heteroatoms. The highest BCUT2D eigenvalue weighted by Gasteiger charge is 2.36. The van der Waals surface area contributed by atoms with Gasteiger partial charge in [-0.2, -0.15) is 0 Å². The molecule has 0 aliphatic carbocycles. The van der Waals surface area contributed by atoms with Gasteiger partial charge in [0.15, 0.2) is 5.78 Å². The van der Waals surface area contributed by atoms with E-state index in [0.29, 0.717) is 40.3 Å². The van der Waals surface area contributed by atoms with Crippen molar-refractivity contribution in [3.05, 3.63) is 47.5 Å². The third-order valence-electron chi connectivity index (χ3n) is 11.5. The van der Waals surface area contributed by atoms with Gasteiger partial charge in [-0.15, -0.1) is 0 Å². The summed E-state index contributed by atoms with van der Waals surface area (Å²) in [6, 6.07) is 9.00. The van der Waals surface area contributed by atoms with Crippen LogP contribution in [-0.4, -0.2) is 85.9 Å². The number of rotatable bonds is 25. The van der Waals surface area contributed by atoms with E-state index in [2.05, 4.69) is 17.4 Å². The maximum absolute atomic E-state index is 14.6. The van der Waals surface area contributed by atoms with Gasteiger partial charge in [0, 0.05) is 62.4 Å². The Morgan fingerprint density at radius 2 is 1.44 bits per heavy atom. The number of carbonyl (C=O) groups is 5. The fraction of sp³-hybridized carbons (Fsp3) is 0.617. The predicted molar refractivity (Wildman–Crippen MR) is 237 cm³/mol. The first-order valence-corrected chi connectivity index (χ1v) is 22.5. The zero-order chi connectivity index (χ0) is 44.1. The monoisotopic (exact) mass is 847 g/mol. The van der Waals surface area contributed by atoms with Crippen LogP contribution in [0.2, 0.25) is 0 Å². The lowest BCUT2D eigenvalue weighted by Gasteiger charge is -2.32. The van der Waals surface area contributed by atoms with Crippen LogP contribution in [0, 0.1) is 11.8 Å². The molecule has 0 aromatic heterocycles. The van der Waals surface area contributed by atoms with Crippen molar-refractivity contribution in [1.82, 2.24) is 10.2 Å². The van der Waals surface area contributed by atoms with Crippen molar-refractivity contribution < 1.29 is 38.3 Å². The first kappa shape index (κ1) is 49.0. The third kappa shape index (κ3) is 15.0. The molecule has 2 amide bonds. The van der Waals surface area contributed by atoms with E-state index in [1.165, 1.54) is 49.8 Å². The van der Waals surface area contributed by atoms with Crippen LogP contribution in [0.15, 0.2) is 41.6 Å². The van der Waals surface area contributed by atoms with Crippen molar-refractivity contribution in [2.24, 2.45) is 34.2 Å². The quantitative estimate of drug-likeness (QED) is 0.0662. The fourth-order valence-corrected chi connectivity index (χ4v) is 8.17. The molecule has 0 unspecified atom stereocenters. The van der Waals surface area contributed by atoms with Crippen molar-refractivity contribution in [2.75, 3.05) is 39.9 Å². The lowest BCUT2D eigenvalue weighted by atomic mass is 9.88. The van der Waals surface area contributed by atoms with Gasteiger partial charge in [-0.05, 0) is 61.2 Å². The Morgan fingerprint density at radius 1 is 0.836 bits per heavy atom. The second-order valence-corrected chi connectivity index (χ2v) is 16.6. The van der Waals surface area contributed by atoms with E-state index in [4.69, 9.17) is 31.5 Å². The minimum atomic E-state index is -1.13. The summed E-state index contributed by atoms with van der Waals surface area (Å²) in [5.74, 6) is -2.28. The van der Waals surface area contributed by atoms with Crippen LogP contribution >= 0.6 is 0 Å². The largest absolute Gasteiger partial charge is 0.492 e. The van der Waals surface area contributed by atoms with Gasteiger partial charge in [0.05, 0.1) is 18.2 Å². The van der Waals surface area contributed by atoms with Crippen molar-refractivity contribution >= 4 is 35.1 Å². The summed E-state index contributed by atoms with van der Waals surface area (Å²) in [7, 11) is 1.57. The van der Waals surface area contributed by atoms with Crippen molar-refractivity contribution in [2.45, 2.75) is 135 Å². The van der Waals surface area contributed by atoms with Crippen molar-refractivity contribution in [1.29, 1.82) is 0 Å². The van der Waals surface area contributed by atoms with E-state index in [9.17, 15) is 24.0 Å². The number of hydrogen-bond acceptors (Lipinski definition) is 12. The number of amides is 2. The van der Waals surface area contributed by atoms with Gasteiger partial charge in [0.2, 0.25) is 11.8 Å². The van der Waals surface area contributed by atoms with Crippen LogP contribution in [0.4, 0.5) is 0 Å². The maximum atomic E-state index is 14.6. The van der Waals surface area contributed by atoms with E-state index in [-0.39, 0.29) is 82.4 Å². The van der Waals surface area contributed by atoms with Crippen molar-refractivity contribution in [3.63, 3.8) is 0 Å². The predicted octanol–water partition coefficient (Wildman–Crippen LogP) is 6.09. The highest BCUT2D eigenvalue weighted by molar-refractivity contribution is 6.06. The van der Waals surface area contributed by atoms with Gasteiger partial charge in [-0.1, -0.05) is 95.3 Å². The van der Waals surface area contributed by atoms with Crippen LogP contribution < -0.4 is 32.0 Å². The molecule has 61 heavy (non-hydrogen) atoms. The molecule has 0 saturated heterocycles. The minimum Gasteiger partial charge on any atom is -0.492 e. The number of carbonyl (C=O) groups excluding carboxylic acids is 5. The number of likely N-dealkylation sites (N-methyl/N-ethyl adjacent to an activating group) is 1. The fourth-order valence-electron chi connectivity index (χ4n) is 8.17. The van der Waals surface area contributed by atoms with Gasteiger partial charge in [0.25, 0.3) is 0 Å². The molecule has 2 heterocycles. The molecule has 0 spiro atoms. The Hall–Kier alpha value is -4.66. The summed E-state index contributed by atoms with van der Waals surface area (Å²) in [5.41, 5.74) is 20.5. The molecular formula is C47H70N6O8. The summed E-state index contributed by atoms with van der Waals surface area (Å²) >= 11 is 0. The number of nitrogens with zero attached hydrogens (tertiary/aromatic N) is 2. The third-order valence-corrected chi connectivity index (χ3v) is 11.5. The van der Waals surface area contributed by atoms with Crippen LogP contribution in [0.25, 0.3) is 11.1 Å². The van der Waals surface area contributed by atoms with E-state index in [1.807, 2.05) is 18.2 Å². The average Bonchev–Trinajstić information content (AvgIpc) is 3.69. The summed E-state index contributed by atoms with van der Waals surface area (Å²) in [6.45, 7) is 5.00. The SMILES string of the molecule is CCCCCCCCCCCCCC(=O)C[C@@H](CCN)C(=O)N(C)[C@@H]1C(=O)C[C@@H](C)C(=O)N[C@H](C2=NOC(=O)C2)Cc2ccc(OCCN)c(c2)-c2cc1ccc2OCCN. The molecule has 2 aromatic rings. The number of nitrogens with two attached hydrogens (primary N) is 3. The molecule has 2 aromatic carbocycles. The number of ether oxygens (including phenoxy) is 2. The van der Waals surface area contributed by atoms with Gasteiger partial charge >= 0.3 is 5.97 Å². The highest BCUT2D eigenvalue weighted by atomic mass is 16.7. The van der Waals surface area contributed by atoms with Gasteiger partial charge in [-0.3, -0.25) is 19.2 Å². The number of nitrogens with one attached hydrogen (secondary N) is 1. The summed E-state index contributed by atoms with van der Waals surface area (Å²) in [5, 5.41) is 6.97. The summed E-state index contributed by atoms with van der Waals surface area (Å²) < 4.78 is 12.3. The minimum absolute atomic E-state index is 0.000791. The number of benzene rings is 2. The summed E-state index contributed by atoms with van der Waals surface area (Å²) in [4.78, 5) is 74.7. The van der Waals surface area contributed by atoms with E-state index in [0.717, 1.165) is 31.2 Å². The molecule has 4 atom stereocenters. The van der Waals surface area contributed by atoms with Gasteiger partial charge < -0.3 is 41.7 Å². The van der Waals surface area contributed by atoms with Crippen LogP contribution in [0.5, 0.6) is 11.5 Å². The first-order chi connectivity index (χ1) is 29.5. The van der Waals surface area contributed by atoms with Crippen LogP contribution in [0.3, 0.4) is 0 Å². The number of unbranched alkanes of at least 4 members (excludes halogenated alkanes) is 10. The van der Waals surface area contributed by atoms with E-state index in [1.54, 1.807) is 32.2 Å². The Balaban J connectivity index is 1.64. The van der Waals surface area contributed by atoms with E-state index >= 15 is 0 Å². The average molecular weight is 847 g/mol.